The zero-order valence-corrected chi connectivity index (χ0v) is 14.0. The molecular formula is C16H21ClN4O. The van der Waals surface area contributed by atoms with Crippen LogP contribution < -0.4 is 0 Å². The van der Waals surface area contributed by atoms with Gasteiger partial charge in [-0.25, -0.2) is 9.50 Å². The number of likely N-dealkylation sites (tertiary alicyclic amines) is 1. The summed E-state index contributed by atoms with van der Waals surface area (Å²) in [5.41, 5.74) is 0.852. The lowest BCUT2D eigenvalue weighted by molar-refractivity contribution is -0.143. The number of alkyl halides is 1. The van der Waals surface area contributed by atoms with Crippen molar-refractivity contribution in [2.45, 2.75) is 39.2 Å². The molecule has 1 aliphatic heterocycles. The zero-order chi connectivity index (χ0) is 16.0. The number of fused-ring (bicyclic) bond motifs is 1. The lowest BCUT2D eigenvalue weighted by atomic mass is 9.89. The molecular weight excluding hydrogens is 300 g/mol. The van der Waals surface area contributed by atoms with Gasteiger partial charge in [-0.05, 0) is 39.7 Å². The Balaban J connectivity index is 2.08. The molecule has 118 valence electrons. The van der Waals surface area contributed by atoms with Crippen LogP contribution in [0, 0.1) is 5.41 Å². The molecule has 0 saturated carbocycles. The molecule has 1 fully saturated rings. The van der Waals surface area contributed by atoms with E-state index in [1.807, 2.05) is 35.4 Å². The highest BCUT2D eigenvalue weighted by atomic mass is 35.5. The molecule has 0 aromatic carbocycles. The van der Waals surface area contributed by atoms with E-state index in [0.29, 0.717) is 5.88 Å². The number of nitrogens with zero attached hydrogens (tertiary/aromatic N) is 4. The number of aromatic nitrogens is 3. The second-order valence-corrected chi connectivity index (χ2v) is 7.05. The Morgan fingerprint density at radius 3 is 2.91 bits per heavy atom. The Morgan fingerprint density at radius 2 is 2.18 bits per heavy atom. The first kappa shape index (κ1) is 15.3. The van der Waals surface area contributed by atoms with E-state index in [1.165, 1.54) is 0 Å². The Kier molecular flexibility index (Phi) is 3.63. The molecule has 0 radical (unpaired) electrons. The highest BCUT2D eigenvalue weighted by Crippen LogP contribution is 2.40. The average molecular weight is 321 g/mol. The summed E-state index contributed by atoms with van der Waals surface area (Å²) in [6, 6.07) is 3.83. The summed E-state index contributed by atoms with van der Waals surface area (Å²) in [5, 5.41) is 4.37. The summed E-state index contributed by atoms with van der Waals surface area (Å²) >= 11 is 6.01. The second-order valence-electron chi connectivity index (χ2n) is 6.78. The van der Waals surface area contributed by atoms with Crippen molar-refractivity contribution >= 4 is 23.2 Å². The maximum atomic E-state index is 13.0. The van der Waals surface area contributed by atoms with Crippen LogP contribution in [0.2, 0.25) is 0 Å². The van der Waals surface area contributed by atoms with Gasteiger partial charge < -0.3 is 4.90 Å². The van der Waals surface area contributed by atoms with Crippen LogP contribution in [-0.4, -0.2) is 37.8 Å². The molecule has 1 unspecified atom stereocenters. The lowest BCUT2D eigenvalue weighted by Gasteiger charge is -2.39. The van der Waals surface area contributed by atoms with Gasteiger partial charge in [-0.15, -0.1) is 11.6 Å². The Bertz CT molecular complexity index is 711. The van der Waals surface area contributed by atoms with E-state index in [1.54, 1.807) is 12.4 Å². The fourth-order valence-electron chi connectivity index (χ4n) is 3.22. The molecule has 3 heterocycles. The quantitative estimate of drug-likeness (QED) is 0.817. The van der Waals surface area contributed by atoms with Gasteiger partial charge >= 0.3 is 0 Å². The van der Waals surface area contributed by atoms with Gasteiger partial charge in [0.1, 0.15) is 0 Å². The molecule has 1 atom stereocenters. The van der Waals surface area contributed by atoms with Gasteiger partial charge in [-0.2, -0.15) is 5.10 Å². The molecule has 0 aliphatic carbocycles. The third-order valence-corrected chi connectivity index (χ3v) is 5.31. The van der Waals surface area contributed by atoms with Gasteiger partial charge in [0.2, 0.25) is 5.91 Å². The van der Waals surface area contributed by atoms with E-state index >= 15 is 0 Å². The molecule has 3 rings (SSSR count). The van der Waals surface area contributed by atoms with Crippen molar-refractivity contribution in [1.29, 1.82) is 0 Å². The first-order valence-electron chi connectivity index (χ1n) is 7.57. The number of amides is 1. The molecule has 0 bridgehead atoms. The topological polar surface area (TPSA) is 50.5 Å². The first-order valence-corrected chi connectivity index (χ1v) is 8.11. The predicted molar refractivity (Wildman–Crippen MR) is 85.8 cm³/mol. The molecule has 0 spiro atoms. The van der Waals surface area contributed by atoms with Crippen LogP contribution in [0.4, 0.5) is 0 Å². The van der Waals surface area contributed by atoms with E-state index in [9.17, 15) is 4.79 Å². The van der Waals surface area contributed by atoms with Gasteiger partial charge in [0, 0.05) is 24.7 Å². The first-order chi connectivity index (χ1) is 10.4. The van der Waals surface area contributed by atoms with Crippen LogP contribution in [0.3, 0.4) is 0 Å². The van der Waals surface area contributed by atoms with Crippen LogP contribution >= 0.6 is 11.6 Å². The summed E-state index contributed by atoms with van der Waals surface area (Å²) in [7, 11) is 0. The summed E-state index contributed by atoms with van der Waals surface area (Å²) in [6.45, 7) is 6.66. The Hall–Kier alpha value is -1.62. The highest BCUT2D eigenvalue weighted by Gasteiger charge is 2.46. The van der Waals surface area contributed by atoms with Crippen LogP contribution in [0.25, 0.3) is 5.65 Å². The smallest absolute Gasteiger partial charge is 0.230 e. The minimum absolute atomic E-state index is 0.0969. The number of halogens is 1. The summed E-state index contributed by atoms with van der Waals surface area (Å²) in [6.07, 6.45) is 5.41. The number of rotatable bonds is 3. The predicted octanol–water partition coefficient (Wildman–Crippen LogP) is 2.83. The maximum Gasteiger partial charge on any atom is 0.230 e. The standard InChI is InChI=1S/C16H21ClN4O/c1-15(2,11-17)14(22)20-10-4-7-16(20,3)12-5-8-18-13-6-9-19-21(12)13/h5-6,8-9H,4,7,10-11H2,1-3H3. The van der Waals surface area contributed by atoms with Gasteiger partial charge in [0.15, 0.2) is 5.65 Å². The van der Waals surface area contributed by atoms with Crippen LogP contribution in [-0.2, 0) is 10.3 Å². The number of hydrogen-bond acceptors (Lipinski definition) is 3. The molecule has 2 aromatic heterocycles. The normalized spacial score (nSPS) is 22.5. The second kappa shape index (κ2) is 5.23. The maximum absolute atomic E-state index is 13.0. The van der Waals surface area contributed by atoms with Crippen molar-refractivity contribution in [2.24, 2.45) is 5.41 Å². The largest absolute Gasteiger partial charge is 0.331 e. The SMILES string of the molecule is CC(C)(CCl)C(=O)N1CCCC1(C)c1ccnc2ccnn12. The third kappa shape index (κ3) is 2.19. The molecule has 1 saturated heterocycles. The molecule has 0 N–H and O–H groups in total. The van der Waals surface area contributed by atoms with Crippen LogP contribution in [0.15, 0.2) is 24.5 Å². The van der Waals surface area contributed by atoms with E-state index in [-0.39, 0.29) is 11.4 Å². The van der Waals surface area contributed by atoms with Crippen molar-refractivity contribution in [3.05, 3.63) is 30.2 Å². The van der Waals surface area contributed by atoms with Crippen molar-refractivity contribution in [2.75, 3.05) is 12.4 Å². The van der Waals surface area contributed by atoms with Gasteiger partial charge in [0.25, 0.3) is 0 Å². The van der Waals surface area contributed by atoms with Crippen molar-refractivity contribution in [3.63, 3.8) is 0 Å². The minimum atomic E-state index is -0.566. The third-order valence-electron chi connectivity index (χ3n) is 4.64. The molecule has 1 amide bonds. The Labute approximate surface area is 135 Å². The summed E-state index contributed by atoms with van der Waals surface area (Å²) < 4.78 is 1.83. The molecule has 22 heavy (non-hydrogen) atoms. The summed E-state index contributed by atoms with van der Waals surface area (Å²) in [4.78, 5) is 19.2. The van der Waals surface area contributed by atoms with Crippen molar-refractivity contribution in [1.82, 2.24) is 19.5 Å². The highest BCUT2D eigenvalue weighted by molar-refractivity contribution is 6.19. The van der Waals surface area contributed by atoms with Crippen molar-refractivity contribution in [3.8, 4) is 0 Å². The Morgan fingerprint density at radius 1 is 1.41 bits per heavy atom. The van der Waals surface area contributed by atoms with Crippen LogP contribution in [0.5, 0.6) is 0 Å². The zero-order valence-electron chi connectivity index (χ0n) is 13.2. The van der Waals surface area contributed by atoms with E-state index in [4.69, 9.17) is 11.6 Å². The van der Waals surface area contributed by atoms with Gasteiger partial charge in [0.05, 0.1) is 22.8 Å². The van der Waals surface area contributed by atoms with E-state index in [0.717, 1.165) is 30.7 Å². The molecule has 6 heteroatoms. The fourth-order valence-corrected chi connectivity index (χ4v) is 3.33. The van der Waals surface area contributed by atoms with E-state index in [2.05, 4.69) is 17.0 Å². The fraction of sp³-hybridized carbons (Fsp3) is 0.562. The molecule has 1 aliphatic rings. The number of carbonyl (C=O) groups is 1. The average Bonchev–Trinajstić information content (AvgIpc) is 3.12. The van der Waals surface area contributed by atoms with Crippen LogP contribution in [0.1, 0.15) is 39.3 Å². The lowest BCUT2D eigenvalue weighted by Crippen LogP contribution is -2.49. The van der Waals surface area contributed by atoms with Gasteiger partial charge in [-0.1, -0.05) is 0 Å². The van der Waals surface area contributed by atoms with E-state index < -0.39 is 5.41 Å². The minimum Gasteiger partial charge on any atom is -0.331 e. The number of hydrogen-bond donors (Lipinski definition) is 0. The molecule has 2 aromatic rings. The van der Waals surface area contributed by atoms with Gasteiger partial charge in [-0.3, -0.25) is 4.79 Å². The molecule has 5 nitrogen and oxygen atoms in total. The summed E-state index contributed by atoms with van der Waals surface area (Å²) in [5.74, 6) is 0.408. The van der Waals surface area contributed by atoms with Crippen molar-refractivity contribution < 1.29 is 4.79 Å². The monoisotopic (exact) mass is 320 g/mol. The number of carbonyl (C=O) groups excluding carboxylic acids is 1.